The smallest absolute Gasteiger partial charge is 0.189 e. The molecule has 2 aliphatic rings. The number of nitrogens with zero attached hydrogens (tertiary/aromatic N) is 1. The molecule has 4 rings (SSSR count). The van der Waals surface area contributed by atoms with Crippen LogP contribution in [0.5, 0.6) is 0 Å². The number of benzene rings is 1. The van der Waals surface area contributed by atoms with Crippen LogP contribution in [0.25, 0.3) is 0 Å². The lowest BCUT2D eigenvalue weighted by molar-refractivity contribution is 0.0273. The number of Topliss-reactive ketones (excluding diaryl/α,β-unsaturated/α-hetero) is 1. The third kappa shape index (κ3) is 1.82. The molecule has 3 heterocycles. The first-order valence-electron chi connectivity index (χ1n) is 7.38. The Hall–Kier alpha value is -1.59. The maximum Gasteiger partial charge on any atom is 0.189 e. The maximum atomic E-state index is 13.2. The Morgan fingerprint density at radius 3 is 2.82 bits per heavy atom. The van der Waals surface area contributed by atoms with Crippen LogP contribution < -0.4 is 0 Å². The molecule has 2 aromatic rings. The van der Waals surface area contributed by atoms with Gasteiger partial charge >= 0.3 is 0 Å². The molecule has 0 unspecified atom stereocenters. The van der Waals surface area contributed by atoms with Gasteiger partial charge in [0.25, 0.3) is 0 Å². The molecule has 0 aliphatic carbocycles. The second-order valence-electron chi connectivity index (χ2n) is 5.99. The van der Waals surface area contributed by atoms with Crippen LogP contribution in [0.15, 0.2) is 42.6 Å². The predicted molar refractivity (Wildman–Crippen MR) is 83.4 cm³/mol. The van der Waals surface area contributed by atoms with Gasteiger partial charge in [-0.1, -0.05) is 12.1 Å². The summed E-state index contributed by atoms with van der Waals surface area (Å²) in [5.41, 5.74) is 0.785. The van der Waals surface area contributed by atoms with E-state index in [0.717, 1.165) is 12.1 Å². The largest absolute Gasteiger partial charge is 0.391 e. The first-order chi connectivity index (χ1) is 10.6. The first kappa shape index (κ1) is 14.0. The van der Waals surface area contributed by atoms with Gasteiger partial charge in [0.1, 0.15) is 5.82 Å². The molecule has 0 bridgehead atoms. The zero-order valence-electron chi connectivity index (χ0n) is 11.9. The van der Waals surface area contributed by atoms with Crippen molar-refractivity contribution in [1.82, 2.24) is 4.57 Å². The zero-order valence-corrected chi connectivity index (χ0v) is 12.7. The summed E-state index contributed by atoms with van der Waals surface area (Å²) >= 11 is 1.59. The van der Waals surface area contributed by atoms with Crippen LogP contribution >= 0.6 is 11.8 Å². The topological polar surface area (TPSA) is 42.2 Å². The lowest BCUT2D eigenvalue weighted by Gasteiger charge is -2.39. The van der Waals surface area contributed by atoms with Crippen molar-refractivity contribution in [2.24, 2.45) is 5.41 Å². The fourth-order valence-corrected chi connectivity index (χ4v) is 5.43. The highest BCUT2D eigenvalue weighted by Gasteiger charge is 2.57. The fraction of sp³-hybridized carbons (Fsp3) is 0.353. The number of aliphatic hydroxyl groups is 1. The number of carbonyl (C=O) groups excluding carboxylic acids is 1. The predicted octanol–water partition coefficient (Wildman–Crippen LogP) is 3.05. The molecule has 1 saturated heterocycles. The van der Waals surface area contributed by atoms with E-state index in [1.54, 1.807) is 23.9 Å². The van der Waals surface area contributed by atoms with E-state index in [0.29, 0.717) is 17.9 Å². The van der Waals surface area contributed by atoms with Crippen LogP contribution in [0, 0.1) is 11.2 Å². The molecule has 2 aliphatic heterocycles. The summed E-state index contributed by atoms with van der Waals surface area (Å²) in [6, 6.07) is 9.99. The van der Waals surface area contributed by atoms with Crippen LogP contribution in [-0.2, 0) is 6.54 Å². The second-order valence-corrected chi connectivity index (χ2v) is 7.13. The molecular weight excluding hydrogens is 301 g/mol. The van der Waals surface area contributed by atoms with E-state index < -0.39 is 11.5 Å². The third-order valence-electron chi connectivity index (χ3n) is 4.91. The average molecular weight is 317 g/mol. The molecule has 0 amide bonds. The number of hydrogen-bond acceptors (Lipinski definition) is 3. The van der Waals surface area contributed by atoms with E-state index in [1.807, 2.05) is 22.9 Å². The summed E-state index contributed by atoms with van der Waals surface area (Å²) in [6.07, 6.45) is 1.86. The van der Waals surface area contributed by atoms with Crippen LogP contribution in [-0.4, -0.2) is 27.3 Å². The Balaban J connectivity index is 1.81. The number of carbonyl (C=O) groups is 1. The summed E-state index contributed by atoms with van der Waals surface area (Å²) < 4.78 is 15.1. The quantitative estimate of drug-likeness (QED) is 0.879. The SMILES string of the molecule is O=C1c2cccn2CC[C@]12[C@@H](c1ccc(F)cc1)SC[C@@H]2O. The Kier molecular flexibility index (Phi) is 3.16. The van der Waals surface area contributed by atoms with Crippen molar-refractivity contribution >= 4 is 17.5 Å². The molecule has 1 aromatic heterocycles. The van der Waals surface area contributed by atoms with Crippen molar-refractivity contribution in [3.63, 3.8) is 0 Å². The van der Waals surface area contributed by atoms with Crippen molar-refractivity contribution in [1.29, 1.82) is 0 Å². The Labute approximate surface area is 132 Å². The first-order valence-corrected chi connectivity index (χ1v) is 8.43. The highest BCUT2D eigenvalue weighted by Crippen LogP contribution is 2.58. The van der Waals surface area contributed by atoms with Crippen molar-refractivity contribution < 1.29 is 14.3 Å². The average Bonchev–Trinajstić information content (AvgIpc) is 3.11. The van der Waals surface area contributed by atoms with Gasteiger partial charge in [0.2, 0.25) is 0 Å². The van der Waals surface area contributed by atoms with Gasteiger partial charge in [0.05, 0.1) is 17.2 Å². The summed E-state index contributed by atoms with van der Waals surface area (Å²) in [7, 11) is 0. The molecule has 1 fully saturated rings. The molecule has 1 aromatic carbocycles. The van der Waals surface area contributed by atoms with E-state index in [1.165, 1.54) is 12.1 Å². The molecular formula is C17H16FNO2S. The lowest BCUT2D eigenvalue weighted by Crippen LogP contribution is -2.47. The standard InChI is InChI=1S/C17H16FNO2S/c18-12-5-3-11(4-6-12)16-17(14(20)10-22-16)7-9-19-8-1-2-13(19)15(17)21/h1-6,8,14,16,20H,7,9-10H2/t14-,16+,17+/m0/s1. The van der Waals surface area contributed by atoms with Gasteiger partial charge in [-0.2, -0.15) is 0 Å². The zero-order chi connectivity index (χ0) is 15.3. The van der Waals surface area contributed by atoms with E-state index in [-0.39, 0.29) is 16.9 Å². The second kappa shape index (κ2) is 4.96. The Morgan fingerprint density at radius 1 is 1.27 bits per heavy atom. The molecule has 1 N–H and O–H groups in total. The van der Waals surface area contributed by atoms with Crippen LogP contribution in [0.2, 0.25) is 0 Å². The molecule has 1 spiro atoms. The molecule has 0 saturated carbocycles. The molecule has 5 heteroatoms. The maximum absolute atomic E-state index is 13.2. The minimum absolute atomic E-state index is 0.00979. The number of ketones is 1. The summed E-state index contributed by atoms with van der Waals surface area (Å²) in [4.78, 5) is 13.1. The van der Waals surface area contributed by atoms with E-state index in [2.05, 4.69) is 0 Å². The van der Waals surface area contributed by atoms with Gasteiger partial charge < -0.3 is 9.67 Å². The monoisotopic (exact) mass is 317 g/mol. The minimum Gasteiger partial charge on any atom is -0.391 e. The highest BCUT2D eigenvalue weighted by atomic mass is 32.2. The van der Waals surface area contributed by atoms with E-state index in [9.17, 15) is 14.3 Å². The van der Waals surface area contributed by atoms with Gasteiger partial charge in [-0.3, -0.25) is 4.79 Å². The van der Waals surface area contributed by atoms with Crippen LogP contribution in [0.4, 0.5) is 4.39 Å². The number of fused-ring (bicyclic) bond motifs is 1. The van der Waals surface area contributed by atoms with Crippen molar-refractivity contribution in [2.75, 3.05) is 5.75 Å². The van der Waals surface area contributed by atoms with Gasteiger partial charge in [0, 0.05) is 23.7 Å². The van der Waals surface area contributed by atoms with Crippen molar-refractivity contribution in [3.05, 3.63) is 59.7 Å². The summed E-state index contributed by atoms with van der Waals surface area (Å²) in [5, 5.41) is 10.5. The summed E-state index contributed by atoms with van der Waals surface area (Å²) in [5.74, 6) is 0.259. The van der Waals surface area contributed by atoms with Gasteiger partial charge in [0.15, 0.2) is 5.78 Å². The Bertz CT molecular complexity index is 727. The molecule has 3 nitrogen and oxygen atoms in total. The molecule has 3 atom stereocenters. The highest BCUT2D eigenvalue weighted by molar-refractivity contribution is 7.99. The van der Waals surface area contributed by atoms with Crippen molar-refractivity contribution in [2.45, 2.75) is 24.3 Å². The van der Waals surface area contributed by atoms with Crippen molar-refractivity contribution in [3.8, 4) is 0 Å². The van der Waals surface area contributed by atoms with Crippen LogP contribution in [0.3, 0.4) is 0 Å². The fourth-order valence-electron chi connectivity index (χ4n) is 3.73. The number of aromatic nitrogens is 1. The van der Waals surface area contributed by atoms with Crippen LogP contribution in [0.1, 0.15) is 27.7 Å². The number of halogens is 1. The van der Waals surface area contributed by atoms with Gasteiger partial charge in [-0.15, -0.1) is 11.8 Å². The Morgan fingerprint density at radius 2 is 2.05 bits per heavy atom. The normalized spacial score (nSPS) is 30.7. The number of aliphatic hydroxyl groups excluding tert-OH is 1. The molecule has 22 heavy (non-hydrogen) atoms. The summed E-state index contributed by atoms with van der Waals surface area (Å²) in [6.45, 7) is 0.726. The van der Waals surface area contributed by atoms with Gasteiger partial charge in [-0.25, -0.2) is 4.39 Å². The van der Waals surface area contributed by atoms with Gasteiger partial charge in [-0.05, 0) is 36.2 Å². The molecule has 114 valence electrons. The number of hydrogen-bond donors (Lipinski definition) is 1. The lowest BCUT2D eigenvalue weighted by atomic mass is 9.69. The molecule has 0 radical (unpaired) electrons. The third-order valence-corrected chi connectivity index (χ3v) is 6.44. The number of thioether (sulfide) groups is 1. The number of rotatable bonds is 1. The van der Waals surface area contributed by atoms with E-state index >= 15 is 0 Å². The minimum atomic E-state index is -0.795. The van der Waals surface area contributed by atoms with E-state index in [4.69, 9.17) is 0 Å². The number of aryl methyl sites for hydroxylation is 1.